The Labute approximate surface area is 163 Å². The lowest BCUT2D eigenvalue weighted by Crippen LogP contribution is -2.22. The highest BCUT2D eigenvalue weighted by atomic mass is 79.9. The molecule has 0 aliphatic heterocycles. The number of fused-ring (bicyclic) bond motifs is 1. The van der Waals surface area contributed by atoms with E-state index in [-0.39, 0.29) is 16.4 Å². The molecule has 0 N–H and O–H groups in total. The van der Waals surface area contributed by atoms with Crippen molar-refractivity contribution in [1.29, 1.82) is 0 Å². The fourth-order valence-corrected chi connectivity index (χ4v) is 3.72. The van der Waals surface area contributed by atoms with Gasteiger partial charge in [0, 0.05) is 17.3 Å². The predicted molar refractivity (Wildman–Crippen MR) is 98.2 cm³/mol. The van der Waals surface area contributed by atoms with E-state index in [4.69, 9.17) is 11.6 Å². The molecule has 0 saturated heterocycles. The molecule has 3 aromatic rings. The Morgan fingerprint density at radius 2 is 2.08 bits per heavy atom. The van der Waals surface area contributed by atoms with Gasteiger partial charge >= 0.3 is 6.18 Å². The third-order valence-electron chi connectivity index (χ3n) is 3.48. The number of benzene rings is 1. The zero-order valence-corrected chi connectivity index (χ0v) is 16.4. The third-order valence-corrected chi connectivity index (χ3v) is 5.64. The first kappa shape index (κ1) is 19.2. The first-order chi connectivity index (χ1) is 12.2. The summed E-state index contributed by atoms with van der Waals surface area (Å²) in [5.41, 5.74) is 0.424. The molecule has 2 heterocycles. The van der Waals surface area contributed by atoms with Crippen molar-refractivity contribution < 1.29 is 13.2 Å². The van der Waals surface area contributed by atoms with Gasteiger partial charge in [-0.3, -0.25) is 9.36 Å². The smallest absolute Gasteiger partial charge is 0.318 e. The number of thioether (sulfide) groups is 1. The Morgan fingerprint density at radius 3 is 2.73 bits per heavy atom. The fourth-order valence-electron chi connectivity index (χ4n) is 2.25. The van der Waals surface area contributed by atoms with Crippen LogP contribution in [0.1, 0.15) is 6.42 Å². The summed E-state index contributed by atoms with van der Waals surface area (Å²) in [5, 5.41) is 0.601. The van der Waals surface area contributed by atoms with Crippen LogP contribution in [-0.2, 0) is 7.05 Å². The fraction of sp³-hybridized carbons (Fsp3) is 0.267. The molecular formula is C15H11BrClF3N4OS. The summed E-state index contributed by atoms with van der Waals surface area (Å²) in [6.07, 6.45) is -3.83. The Balaban J connectivity index is 2.14. The van der Waals surface area contributed by atoms with Crippen LogP contribution >= 0.6 is 39.3 Å². The minimum absolute atomic E-state index is 0.138. The third kappa shape index (κ3) is 3.91. The minimum Gasteiger partial charge on any atom is -0.318 e. The van der Waals surface area contributed by atoms with Crippen LogP contribution in [0, 0.1) is 0 Å². The summed E-state index contributed by atoms with van der Waals surface area (Å²) in [7, 11) is 1.66. The van der Waals surface area contributed by atoms with Crippen molar-refractivity contribution in [2.75, 3.05) is 5.75 Å². The summed E-state index contributed by atoms with van der Waals surface area (Å²) >= 11 is 10.1. The predicted octanol–water partition coefficient (Wildman–Crippen LogP) is 4.58. The maximum atomic E-state index is 12.9. The molecule has 26 heavy (non-hydrogen) atoms. The van der Waals surface area contributed by atoms with Gasteiger partial charge in [0.1, 0.15) is 0 Å². The number of halogens is 5. The van der Waals surface area contributed by atoms with Crippen molar-refractivity contribution >= 4 is 50.5 Å². The number of hydrogen-bond donors (Lipinski definition) is 0. The molecule has 0 aliphatic rings. The molecule has 0 amide bonds. The molecule has 11 heteroatoms. The van der Waals surface area contributed by atoms with Crippen LogP contribution in [-0.4, -0.2) is 31.0 Å². The zero-order chi connectivity index (χ0) is 19.1. The van der Waals surface area contributed by atoms with Crippen LogP contribution in [0.3, 0.4) is 0 Å². The summed E-state index contributed by atoms with van der Waals surface area (Å²) in [6.45, 7) is 0. The maximum Gasteiger partial charge on any atom is 0.389 e. The molecule has 0 spiro atoms. The highest BCUT2D eigenvalue weighted by Crippen LogP contribution is 2.29. The molecule has 0 radical (unpaired) electrons. The van der Waals surface area contributed by atoms with Crippen LogP contribution < -0.4 is 5.56 Å². The largest absolute Gasteiger partial charge is 0.389 e. The molecule has 0 saturated carbocycles. The van der Waals surface area contributed by atoms with Gasteiger partial charge in [-0.2, -0.15) is 13.2 Å². The van der Waals surface area contributed by atoms with Gasteiger partial charge in [-0.05, 0) is 34.1 Å². The van der Waals surface area contributed by atoms with Gasteiger partial charge in [0.2, 0.25) is 0 Å². The topological polar surface area (TPSA) is 52.7 Å². The second kappa shape index (κ2) is 7.24. The van der Waals surface area contributed by atoms with Crippen molar-refractivity contribution in [2.24, 2.45) is 7.05 Å². The zero-order valence-electron chi connectivity index (χ0n) is 13.2. The summed E-state index contributed by atoms with van der Waals surface area (Å²) in [5.74, 6) is -0.256. The average molecular weight is 468 g/mol. The Hall–Kier alpha value is -1.52. The van der Waals surface area contributed by atoms with Gasteiger partial charge in [-0.25, -0.2) is 9.97 Å². The number of imidazole rings is 1. The number of aromatic nitrogens is 4. The van der Waals surface area contributed by atoms with E-state index in [2.05, 4.69) is 25.9 Å². The number of alkyl halides is 3. The molecular weight excluding hydrogens is 457 g/mol. The van der Waals surface area contributed by atoms with Crippen LogP contribution in [0.15, 0.2) is 39.0 Å². The quantitative estimate of drug-likeness (QED) is 0.416. The lowest BCUT2D eigenvalue weighted by Gasteiger charge is -2.13. The molecule has 0 fully saturated rings. The van der Waals surface area contributed by atoms with Crippen molar-refractivity contribution in [3.05, 3.63) is 44.4 Å². The monoisotopic (exact) mass is 466 g/mol. The lowest BCUT2D eigenvalue weighted by atomic mass is 10.3. The molecule has 2 aromatic heterocycles. The van der Waals surface area contributed by atoms with Crippen molar-refractivity contribution in [1.82, 2.24) is 19.1 Å². The van der Waals surface area contributed by atoms with Gasteiger partial charge in [0.25, 0.3) is 5.56 Å². The first-order valence-corrected chi connectivity index (χ1v) is 9.42. The van der Waals surface area contributed by atoms with E-state index in [0.29, 0.717) is 20.8 Å². The van der Waals surface area contributed by atoms with E-state index in [1.165, 1.54) is 10.9 Å². The number of aryl methyl sites for hydroxylation is 1. The summed E-state index contributed by atoms with van der Waals surface area (Å²) in [6, 6.07) is 4.78. The van der Waals surface area contributed by atoms with Crippen LogP contribution in [0.25, 0.3) is 16.9 Å². The molecule has 138 valence electrons. The second-order valence-corrected chi connectivity index (χ2v) is 7.70. The van der Waals surface area contributed by atoms with Crippen LogP contribution in [0.2, 0.25) is 5.02 Å². The van der Waals surface area contributed by atoms with Gasteiger partial charge < -0.3 is 4.57 Å². The van der Waals surface area contributed by atoms with E-state index >= 15 is 0 Å². The molecule has 3 rings (SSSR count). The number of hydrogen-bond acceptors (Lipinski definition) is 4. The Morgan fingerprint density at radius 1 is 1.35 bits per heavy atom. The number of nitrogens with zero attached hydrogens (tertiary/aromatic N) is 4. The van der Waals surface area contributed by atoms with Crippen LogP contribution in [0.5, 0.6) is 0 Å². The van der Waals surface area contributed by atoms with Crippen molar-refractivity contribution in [2.45, 2.75) is 17.8 Å². The van der Waals surface area contributed by atoms with Crippen molar-refractivity contribution in [3.8, 4) is 5.69 Å². The lowest BCUT2D eigenvalue weighted by molar-refractivity contribution is -0.129. The standard InChI is InChI=1S/C15H11BrClF3N4OS/c1-23-7-21-11-12(23)22-14(26-5-4-15(18,19)20)24(13(11)25)8-2-3-10(17)9(16)6-8/h2-3,6-7H,4-5H2,1H3. The maximum absolute atomic E-state index is 12.9. The summed E-state index contributed by atoms with van der Waals surface area (Å²) in [4.78, 5) is 21.3. The van der Waals surface area contributed by atoms with Crippen LogP contribution in [0.4, 0.5) is 13.2 Å². The van der Waals surface area contributed by atoms with Gasteiger partial charge in [0.05, 0.1) is 23.5 Å². The SMILES string of the molecule is Cn1cnc2c(=O)n(-c3ccc(Cl)c(Br)c3)c(SCCC(F)(F)F)nc21. The second-order valence-electron chi connectivity index (χ2n) is 5.37. The van der Waals surface area contributed by atoms with Gasteiger partial charge in [-0.1, -0.05) is 23.4 Å². The Kier molecular flexibility index (Phi) is 5.36. The van der Waals surface area contributed by atoms with E-state index in [0.717, 1.165) is 11.8 Å². The van der Waals surface area contributed by atoms with Crippen molar-refractivity contribution in [3.63, 3.8) is 0 Å². The molecule has 0 aliphatic carbocycles. The van der Waals surface area contributed by atoms with Gasteiger partial charge in [-0.15, -0.1) is 0 Å². The number of rotatable bonds is 4. The molecule has 0 bridgehead atoms. The van der Waals surface area contributed by atoms with E-state index in [9.17, 15) is 18.0 Å². The molecule has 0 atom stereocenters. The van der Waals surface area contributed by atoms with Gasteiger partial charge in [0.15, 0.2) is 16.3 Å². The highest BCUT2D eigenvalue weighted by molar-refractivity contribution is 9.10. The molecule has 5 nitrogen and oxygen atoms in total. The highest BCUT2D eigenvalue weighted by Gasteiger charge is 2.27. The molecule has 1 aromatic carbocycles. The first-order valence-electron chi connectivity index (χ1n) is 7.26. The van der Waals surface area contributed by atoms with E-state index in [1.54, 1.807) is 29.8 Å². The average Bonchev–Trinajstić information content (AvgIpc) is 2.91. The summed E-state index contributed by atoms with van der Waals surface area (Å²) < 4.78 is 40.8. The normalized spacial score (nSPS) is 12.1. The van der Waals surface area contributed by atoms with E-state index in [1.807, 2.05) is 0 Å². The minimum atomic E-state index is -4.28. The van der Waals surface area contributed by atoms with E-state index < -0.39 is 18.2 Å². The molecule has 0 unspecified atom stereocenters. The Bertz CT molecular complexity index is 1030.